The van der Waals surface area contributed by atoms with E-state index in [1.54, 1.807) is 6.20 Å². The van der Waals surface area contributed by atoms with Crippen molar-refractivity contribution in [2.45, 2.75) is 33.3 Å². The summed E-state index contributed by atoms with van der Waals surface area (Å²) in [6, 6.07) is 8.28. The normalized spacial score (nSPS) is 11.4. The van der Waals surface area contributed by atoms with E-state index in [1.165, 1.54) is 5.56 Å². The van der Waals surface area contributed by atoms with Crippen LogP contribution in [0.15, 0.2) is 36.5 Å². The third-order valence-electron chi connectivity index (χ3n) is 2.54. The number of ether oxygens (including phenoxy) is 1. The van der Waals surface area contributed by atoms with Crippen LogP contribution < -0.4 is 10.2 Å². The molecule has 0 aromatic heterocycles. The van der Waals surface area contributed by atoms with E-state index in [4.69, 9.17) is 4.74 Å². The van der Waals surface area contributed by atoms with Crippen molar-refractivity contribution in [1.82, 2.24) is 5.32 Å². The van der Waals surface area contributed by atoms with E-state index >= 15 is 0 Å². The second kappa shape index (κ2) is 6.98. The molecule has 0 bridgehead atoms. The molecule has 1 aromatic rings. The van der Waals surface area contributed by atoms with Crippen molar-refractivity contribution < 1.29 is 9.53 Å². The van der Waals surface area contributed by atoms with Gasteiger partial charge in [-0.05, 0) is 51.5 Å². The highest BCUT2D eigenvalue weighted by atomic mass is 16.6. The van der Waals surface area contributed by atoms with Crippen molar-refractivity contribution >= 4 is 11.8 Å². The fraction of sp³-hybridized carbons (Fsp3) is 0.438. The topological polar surface area (TPSA) is 41.6 Å². The molecule has 1 aromatic carbocycles. The van der Waals surface area contributed by atoms with Gasteiger partial charge in [0.15, 0.2) is 0 Å². The molecule has 0 spiro atoms. The summed E-state index contributed by atoms with van der Waals surface area (Å²) in [6.07, 6.45) is 3.05. The van der Waals surface area contributed by atoms with Crippen LogP contribution in [-0.4, -0.2) is 25.3 Å². The molecule has 0 fully saturated rings. The standard InChI is InChI=1S/C16H24N2O2/c1-13-8-6-9-14(12-13)18(5)11-7-10-17-15(19)20-16(2,3)4/h6-10,12H,11H2,1-5H3,(H,17,19)/b10-7+. The Balaban J connectivity index is 2.39. The van der Waals surface area contributed by atoms with Crippen molar-refractivity contribution in [3.63, 3.8) is 0 Å². The lowest BCUT2D eigenvalue weighted by Gasteiger charge is -2.19. The molecular formula is C16H24N2O2. The summed E-state index contributed by atoms with van der Waals surface area (Å²) >= 11 is 0. The van der Waals surface area contributed by atoms with Gasteiger partial charge in [-0.3, -0.25) is 5.32 Å². The molecule has 0 aliphatic heterocycles. The van der Waals surface area contributed by atoms with Crippen molar-refractivity contribution in [2.24, 2.45) is 0 Å². The second-order valence-electron chi connectivity index (χ2n) is 5.77. The molecule has 0 radical (unpaired) electrons. The summed E-state index contributed by atoms with van der Waals surface area (Å²) in [6.45, 7) is 8.28. The molecule has 1 N–H and O–H groups in total. The summed E-state index contributed by atoms with van der Waals surface area (Å²) < 4.78 is 5.13. The van der Waals surface area contributed by atoms with Crippen LogP contribution in [0.5, 0.6) is 0 Å². The molecule has 110 valence electrons. The monoisotopic (exact) mass is 276 g/mol. The molecule has 1 amide bonds. The van der Waals surface area contributed by atoms with Gasteiger partial charge in [-0.2, -0.15) is 0 Å². The number of nitrogens with zero attached hydrogens (tertiary/aromatic N) is 1. The third kappa shape index (κ3) is 6.27. The van der Waals surface area contributed by atoms with Crippen molar-refractivity contribution in [2.75, 3.05) is 18.5 Å². The van der Waals surface area contributed by atoms with Crippen LogP contribution in [-0.2, 0) is 4.74 Å². The molecule has 0 aliphatic rings. The second-order valence-corrected chi connectivity index (χ2v) is 5.77. The summed E-state index contributed by atoms with van der Waals surface area (Å²) in [5.41, 5.74) is 1.90. The number of benzene rings is 1. The van der Waals surface area contributed by atoms with Crippen LogP contribution in [0.4, 0.5) is 10.5 Å². The van der Waals surface area contributed by atoms with Crippen LogP contribution in [0, 0.1) is 6.92 Å². The largest absolute Gasteiger partial charge is 0.444 e. The highest BCUT2D eigenvalue weighted by molar-refractivity contribution is 5.68. The van der Waals surface area contributed by atoms with Gasteiger partial charge in [0.25, 0.3) is 0 Å². The van der Waals surface area contributed by atoms with Crippen molar-refractivity contribution in [1.29, 1.82) is 0 Å². The molecule has 1 rings (SSSR count). The number of likely N-dealkylation sites (N-methyl/N-ethyl adjacent to an activating group) is 1. The maximum Gasteiger partial charge on any atom is 0.411 e. The number of alkyl carbamates (subject to hydrolysis) is 1. The molecule has 0 atom stereocenters. The average Bonchev–Trinajstić information content (AvgIpc) is 2.32. The quantitative estimate of drug-likeness (QED) is 0.915. The van der Waals surface area contributed by atoms with Gasteiger partial charge in [0.2, 0.25) is 0 Å². The van der Waals surface area contributed by atoms with E-state index in [0.29, 0.717) is 6.54 Å². The number of carbonyl (C=O) groups excluding carboxylic acids is 1. The number of anilines is 1. The fourth-order valence-corrected chi connectivity index (χ4v) is 1.62. The lowest BCUT2D eigenvalue weighted by molar-refractivity contribution is 0.0552. The maximum atomic E-state index is 11.4. The van der Waals surface area contributed by atoms with E-state index in [1.807, 2.05) is 40.0 Å². The van der Waals surface area contributed by atoms with Gasteiger partial charge in [0.05, 0.1) is 0 Å². The zero-order chi connectivity index (χ0) is 15.2. The molecule has 20 heavy (non-hydrogen) atoms. The zero-order valence-electron chi connectivity index (χ0n) is 12.9. The molecule has 0 aliphatic carbocycles. The number of amides is 1. The number of carbonyl (C=O) groups is 1. The van der Waals surface area contributed by atoms with Crippen LogP contribution in [0.25, 0.3) is 0 Å². The Morgan fingerprint density at radius 2 is 2.10 bits per heavy atom. The predicted molar refractivity (Wildman–Crippen MR) is 83.0 cm³/mol. The summed E-state index contributed by atoms with van der Waals surface area (Å²) in [7, 11) is 2.01. The summed E-state index contributed by atoms with van der Waals surface area (Å²) in [5, 5.41) is 2.59. The molecular weight excluding hydrogens is 252 g/mol. The van der Waals surface area contributed by atoms with Crippen LogP contribution >= 0.6 is 0 Å². The number of nitrogens with one attached hydrogen (secondary N) is 1. The average molecular weight is 276 g/mol. The lowest BCUT2D eigenvalue weighted by Crippen LogP contribution is -2.29. The molecule has 0 saturated heterocycles. The van der Waals surface area contributed by atoms with E-state index in [-0.39, 0.29) is 0 Å². The Morgan fingerprint density at radius 1 is 1.40 bits per heavy atom. The number of hydrogen-bond acceptors (Lipinski definition) is 3. The number of aryl methyl sites for hydroxylation is 1. The van der Waals surface area contributed by atoms with Gasteiger partial charge in [-0.15, -0.1) is 0 Å². The van der Waals surface area contributed by atoms with Gasteiger partial charge in [0.1, 0.15) is 5.60 Å². The molecule has 0 heterocycles. The molecule has 4 nitrogen and oxygen atoms in total. The highest BCUT2D eigenvalue weighted by Crippen LogP contribution is 2.13. The Kier molecular flexibility index (Phi) is 5.62. The highest BCUT2D eigenvalue weighted by Gasteiger charge is 2.14. The first-order chi connectivity index (χ1) is 9.28. The fourth-order valence-electron chi connectivity index (χ4n) is 1.62. The van der Waals surface area contributed by atoms with E-state index in [2.05, 4.69) is 35.3 Å². The van der Waals surface area contributed by atoms with Gasteiger partial charge in [-0.1, -0.05) is 12.1 Å². The van der Waals surface area contributed by atoms with Crippen LogP contribution in [0.1, 0.15) is 26.3 Å². The van der Waals surface area contributed by atoms with Gasteiger partial charge >= 0.3 is 6.09 Å². The van der Waals surface area contributed by atoms with Crippen LogP contribution in [0.2, 0.25) is 0 Å². The third-order valence-corrected chi connectivity index (χ3v) is 2.54. The van der Waals surface area contributed by atoms with E-state index in [0.717, 1.165) is 5.69 Å². The predicted octanol–water partition coefficient (Wildman–Crippen LogP) is 3.47. The first kappa shape index (κ1) is 16.1. The van der Waals surface area contributed by atoms with Gasteiger partial charge in [-0.25, -0.2) is 4.79 Å². The number of rotatable bonds is 4. The van der Waals surface area contributed by atoms with Crippen molar-refractivity contribution in [3.8, 4) is 0 Å². The lowest BCUT2D eigenvalue weighted by atomic mass is 10.2. The minimum absolute atomic E-state index is 0.438. The Labute approximate surface area is 121 Å². The first-order valence-electron chi connectivity index (χ1n) is 6.70. The Morgan fingerprint density at radius 3 is 2.70 bits per heavy atom. The summed E-state index contributed by atoms with van der Waals surface area (Å²) in [4.78, 5) is 13.5. The Hall–Kier alpha value is -1.97. The van der Waals surface area contributed by atoms with Crippen molar-refractivity contribution in [3.05, 3.63) is 42.1 Å². The zero-order valence-corrected chi connectivity index (χ0v) is 12.9. The van der Waals surface area contributed by atoms with E-state index < -0.39 is 11.7 Å². The maximum absolute atomic E-state index is 11.4. The molecule has 0 unspecified atom stereocenters. The minimum atomic E-state index is -0.476. The van der Waals surface area contributed by atoms with Crippen LogP contribution in [0.3, 0.4) is 0 Å². The smallest absolute Gasteiger partial charge is 0.411 e. The first-order valence-corrected chi connectivity index (χ1v) is 6.70. The minimum Gasteiger partial charge on any atom is -0.444 e. The molecule has 4 heteroatoms. The number of hydrogen-bond donors (Lipinski definition) is 1. The van der Waals surface area contributed by atoms with Gasteiger partial charge < -0.3 is 9.64 Å². The summed E-state index contributed by atoms with van der Waals surface area (Å²) in [5.74, 6) is 0. The SMILES string of the molecule is Cc1cccc(N(C)C/C=C/NC(=O)OC(C)(C)C)c1. The van der Waals surface area contributed by atoms with Gasteiger partial charge in [0, 0.05) is 25.5 Å². The molecule has 0 saturated carbocycles. The Bertz CT molecular complexity index is 476. The van der Waals surface area contributed by atoms with E-state index in [9.17, 15) is 4.79 Å².